The molecule has 0 aliphatic carbocycles. The van der Waals surface area contributed by atoms with Gasteiger partial charge in [-0.05, 0) is 41.8 Å². The number of aliphatic hydroxyl groups is 1. The van der Waals surface area contributed by atoms with E-state index >= 15 is 0 Å². The van der Waals surface area contributed by atoms with Gasteiger partial charge in [-0.15, -0.1) is 0 Å². The number of hydrogen-bond donors (Lipinski definition) is 1. The standard InChI is InChI=1S/C20H18N4O3S/c1-2-14-3-6-16(7-4-14)28(26,27)19-10-22-18-8-5-15(11-25)9-17(18)20(19)24-13-21-12-23-24/h3-10,12-13,25H,2,11H2,1H3. The molecule has 7 nitrogen and oxygen atoms in total. The lowest BCUT2D eigenvalue weighted by atomic mass is 10.1. The molecule has 0 amide bonds. The minimum atomic E-state index is -3.85. The highest BCUT2D eigenvalue weighted by Gasteiger charge is 2.25. The monoisotopic (exact) mass is 394 g/mol. The molecule has 1 N–H and O–H groups in total. The third-order valence-corrected chi connectivity index (χ3v) is 6.40. The summed E-state index contributed by atoms with van der Waals surface area (Å²) in [6.45, 7) is 1.85. The van der Waals surface area contributed by atoms with Gasteiger partial charge in [0, 0.05) is 11.6 Å². The molecule has 0 aliphatic rings. The lowest BCUT2D eigenvalue weighted by Crippen LogP contribution is -2.10. The molecule has 0 atom stereocenters. The van der Waals surface area contributed by atoms with Crippen molar-refractivity contribution in [2.24, 2.45) is 0 Å². The van der Waals surface area contributed by atoms with Crippen molar-refractivity contribution >= 4 is 20.7 Å². The highest BCUT2D eigenvalue weighted by Crippen LogP contribution is 2.32. The summed E-state index contributed by atoms with van der Waals surface area (Å²) in [7, 11) is -3.85. The third-order valence-electron chi connectivity index (χ3n) is 4.63. The zero-order valence-electron chi connectivity index (χ0n) is 15.1. The number of hydrogen-bond acceptors (Lipinski definition) is 6. The molecule has 142 valence electrons. The van der Waals surface area contributed by atoms with Crippen LogP contribution < -0.4 is 0 Å². The fourth-order valence-corrected chi connectivity index (χ4v) is 4.49. The molecule has 0 spiro atoms. The normalized spacial score (nSPS) is 11.8. The maximum Gasteiger partial charge on any atom is 0.210 e. The first-order chi connectivity index (χ1) is 13.5. The van der Waals surface area contributed by atoms with Crippen LogP contribution in [0.2, 0.25) is 0 Å². The first-order valence-corrected chi connectivity index (χ1v) is 10.2. The zero-order valence-corrected chi connectivity index (χ0v) is 16.0. The second-order valence-corrected chi connectivity index (χ2v) is 8.24. The maximum absolute atomic E-state index is 13.4. The fourth-order valence-electron chi connectivity index (χ4n) is 3.09. The molecule has 2 aromatic heterocycles. The third kappa shape index (κ3) is 3.06. The number of nitrogens with zero attached hydrogens (tertiary/aromatic N) is 4. The Hall–Kier alpha value is -3.10. The van der Waals surface area contributed by atoms with Crippen molar-refractivity contribution in [1.82, 2.24) is 19.7 Å². The van der Waals surface area contributed by atoms with Gasteiger partial charge in [0.05, 0.1) is 22.7 Å². The minimum absolute atomic E-state index is 0.0323. The molecule has 0 aliphatic heterocycles. The molecule has 0 radical (unpaired) electrons. The van der Waals surface area contributed by atoms with E-state index < -0.39 is 9.84 Å². The van der Waals surface area contributed by atoms with E-state index in [4.69, 9.17) is 0 Å². The molecule has 0 bridgehead atoms. The topological polar surface area (TPSA) is 98.0 Å². The summed E-state index contributed by atoms with van der Waals surface area (Å²) in [6.07, 6.45) is 4.96. The molecule has 4 rings (SSSR count). The van der Waals surface area contributed by atoms with Crippen LogP contribution in [0.25, 0.3) is 16.6 Å². The van der Waals surface area contributed by atoms with Crippen LogP contribution in [0, 0.1) is 0 Å². The molecule has 0 fully saturated rings. The van der Waals surface area contributed by atoms with Crippen LogP contribution in [0.4, 0.5) is 0 Å². The fraction of sp³-hybridized carbons (Fsp3) is 0.150. The van der Waals surface area contributed by atoms with Crippen LogP contribution in [-0.4, -0.2) is 33.3 Å². The molecule has 0 saturated carbocycles. The molecular weight excluding hydrogens is 376 g/mol. The van der Waals surface area contributed by atoms with Crippen molar-refractivity contribution in [3.8, 4) is 5.69 Å². The van der Waals surface area contributed by atoms with Crippen molar-refractivity contribution in [3.05, 3.63) is 72.4 Å². The highest BCUT2D eigenvalue weighted by atomic mass is 32.2. The van der Waals surface area contributed by atoms with Crippen molar-refractivity contribution in [3.63, 3.8) is 0 Å². The van der Waals surface area contributed by atoms with E-state index in [-0.39, 0.29) is 16.4 Å². The van der Waals surface area contributed by atoms with Gasteiger partial charge < -0.3 is 5.11 Å². The molecule has 0 unspecified atom stereocenters. The van der Waals surface area contributed by atoms with Crippen LogP contribution in [0.1, 0.15) is 18.1 Å². The smallest absolute Gasteiger partial charge is 0.210 e. The van der Waals surface area contributed by atoms with E-state index in [1.807, 2.05) is 6.92 Å². The number of aromatic nitrogens is 4. The molecule has 4 aromatic rings. The average Bonchev–Trinajstić information content (AvgIpc) is 3.26. The molecule has 28 heavy (non-hydrogen) atoms. The van der Waals surface area contributed by atoms with Crippen molar-refractivity contribution in [2.75, 3.05) is 0 Å². The van der Waals surface area contributed by atoms with Crippen LogP contribution in [0.3, 0.4) is 0 Å². The van der Waals surface area contributed by atoms with E-state index in [1.54, 1.807) is 42.5 Å². The summed E-state index contributed by atoms with van der Waals surface area (Å²) in [5.41, 5.74) is 2.66. The van der Waals surface area contributed by atoms with E-state index in [1.165, 1.54) is 23.5 Å². The van der Waals surface area contributed by atoms with Gasteiger partial charge in [-0.2, -0.15) is 5.10 Å². The van der Waals surface area contributed by atoms with Crippen molar-refractivity contribution in [2.45, 2.75) is 29.7 Å². The van der Waals surface area contributed by atoms with E-state index in [9.17, 15) is 13.5 Å². The lowest BCUT2D eigenvalue weighted by Gasteiger charge is -2.14. The summed E-state index contributed by atoms with van der Waals surface area (Å²) in [5, 5.41) is 14.2. The van der Waals surface area contributed by atoms with Crippen LogP contribution >= 0.6 is 0 Å². The maximum atomic E-state index is 13.4. The molecular formula is C20H18N4O3S. The number of rotatable bonds is 5. The molecule has 2 aromatic carbocycles. The number of aliphatic hydroxyl groups excluding tert-OH is 1. The Labute approximate surface area is 162 Å². The Morgan fingerprint density at radius 3 is 2.46 bits per heavy atom. The quantitative estimate of drug-likeness (QED) is 0.559. The first kappa shape index (κ1) is 18.3. The molecule has 0 saturated heterocycles. The summed E-state index contributed by atoms with van der Waals surface area (Å²) in [4.78, 5) is 8.50. The number of sulfone groups is 1. The second kappa shape index (κ2) is 7.14. The summed E-state index contributed by atoms with van der Waals surface area (Å²) in [6, 6.07) is 12.0. The largest absolute Gasteiger partial charge is 0.392 e. The van der Waals surface area contributed by atoms with Gasteiger partial charge in [0.2, 0.25) is 9.84 Å². The number of benzene rings is 2. The number of aryl methyl sites for hydroxylation is 1. The average molecular weight is 394 g/mol. The van der Waals surface area contributed by atoms with Gasteiger partial charge in [-0.3, -0.25) is 4.98 Å². The van der Waals surface area contributed by atoms with Gasteiger partial charge in [0.25, 0.3) is 0 Å². The van der Waals surface area contributed by atoms with Gasteiger partial charge in [-0.1, -0.05) is 25.1 Å². The van der Waals surface area contributed by atoms with Gasteiger partial charge >= 0.3 is 0 Å². The molecule has 8 heteroatoms. The number of pyridine rings is 1. The summed E-state index contributed by atoms with van der Waals surface area (Å²) in [5.74, 6) is 0. The predicted molar refractivity (Wildman–Crippen MR) is 104 cm³/mol. The predicted octanol–water partition coefficient (Wildman–Crippen LogP) is 2.70. The Kier molecular flexibility index (Phi) is 4.66. The Bertz CT molecular complexity index is 1230. The lowest BCUT2D eigenvalue weighted by molar-refractivity contribution is 0.282. The van der Waals surface area contributed by atoms with Crippen LogP contribution in [0.5, 0.6) is 0 Å². The Morgan fingerprint density at radius 2 is 1.82 bits per heavy atom. The Morgan fingerprint density at radius 1 is 1.07 bits per heavy atom. The number of fused-ring (bicyclic) bond motifs is 1. The van der Waals surface area contributed by atoms with Crippen LogP contribution in [-0.2, 0) is 22.9 Å². The van der Waals surface area contributed by atoms with Crippen molar-refractivity contribution in [1.29, 1.82) is 0 Å². The summed E-state index contributed by atoms with van der Waals surface area (Å²) >= 11 is 0. The Balaban J connectivity index is 2.01. The molecule has 2 heterocycles. The first-order valence-electron chi connectivity index (χ1n) is 8.76. The summed E-state index contributed by atoms with van der Waals surface area (Å²) < 4.78 is 28.2. The van der Waals surface area contributed by atoms with Gasteiger partial charge in [0.1, 0.15) is 17.6 Å². The second-order valence-electron chi connectivity index (χ2n) is 6.32. The van der Waals surface area contributed by atoms with E-state index in [0.717, 1.165) is 12.0 Å². The minimum Gasteiger partial charge on any atom is -0.392 e. The van der Waals surface area contributed by atoms with Crippen molar-refractivity contribution < 1.29 is 13.5 Å². The highest BCUT2D eigenvalue weighted by molar-refractivity contribution is 7.91. The van der Waals surface area contributed by atoms with Crippen LogP contribution in [0.15, 0.2) is 71.1 Å². The van der Waals surface area contributed by atoms with Gasteiger partial charge in [-0.25, -0.2) is 18.1 Å². The van der Waals surface area contributed by atoms with E-state index in [0.29, 0.717) is 22.2 Å². The zero-order chi connectivity index (χ0) is 19.7. The van der Waals surface area contributed by atoms with Gasteiger partial charge in [0.15, 0.2) is 0 Å². The SMILES string of the molecule is CCc1ccc(S(=O)(=O)c2cnc3ccc(CO)cc3c2-n2cncn2)cc1. The van der Waals surface area contributed by atoms with E-state index in [2.05, 4.69) is 15.1 Å².